The van der Waals surface area contributed by atoms with Crippen LogP contribution in [0.5, 0.6) is 0 Å². The molecule has 0 fully saturated rings. The van der Waals surface area contributed by atoms with Gasteiger partial charge in [-0.05, 0) is 116 Å². The summed E-state index contributed by atoms with van der Waals surface area (Å²) in [4.78, 5) is 0. The van der Waals surface area contributed by atoms with E-state index in [0.29, 0.717) is 65.7 Å². The Morgan fingerprint density at radius 2 is 1.12 bits per heavy atom. The summed E-state index contributed by atoms with van der Waals surface area (Å²) in [5, 5.41) is 0. The van der Waals surface area contributed by atoms with Crippen molar-refractivity contribution in [2.45, 2.75) is 61.4 Å². The number of pyridine rings is 4. The average molecular weight is 1030 g/mol. The second-order valence-corrected chi connectivity index (χ2v) is 21.5. The predicted octanol–water partition coefficient (Wildman–Crippen LogP) is 14.7. The highest BCUT2D eigenvalue weighted by molar-refractivity contribution is 5.82. The van der Waals surface area contributed by atoms with Crippen LogP contribution in [-0.2, 0) is 23.8 Å². The van der Waals surface area contributed by atoms with Gasteiger partial charge < -0.3 is 0 Å². The third-order valence-electron chi connectivity index (χ3n) is 17.8. The molecule has 4 aliphatic heterocycles. The molecule has 10 aromatic rings. The van der Waals surface area contributed by atoms with E-state index in [1.54, 1.807) is 0 Å². The molecule has 0 amide bonds. The molecule has 0 bridgehead atoms. The van der Waals surface area contributed by atoms with Gasteiger partial charge in [-0.1, -0.05) is 97.1 Å². The van der Waals surface area contributed by atoms with E-state index in [1.165, 1.54) is 12.1 Å². The fraction of sp³-hybridized carbons (Fsp3) is 0.143. The Bertz CT molecular complexity index is 4120. The number of hydrogen-bond acceptors (Lipinski definition) is 0. The zero-order valence-corrected chi connectivity index (χ0v) is 42.9. The van der Waals surface area contributed by atoms with Crippen LogP contribution in [0.25, 0.3) is 78.7 Å². The summed E-state index contributed by atoms with van der Waals surface area (Å²) in [6, 6.07) is 62.5. The molecule has 78 heavy (non-hydrogen) atoms. The third kappa shape index (κ3) is 7.18. The molecular weight excluding hydrogens is 973 g/mol. The minimum absolute atomic E-state index is 0.278. The lowest BCUT2D eigenvalue weighted by atomic mass is 9.59. The number of aromatic nitrogens is 4. The molecule has 378 valence electrons. The highest BCUT2D eigenvalue weighted by Gasteiger charge is 2.64. The monoisotopic (exact) mass is 1030 g/mol. The fourth-order valence-corrected chi connectivity index (χ4v) is 14.4. The number of fused-ring (bicyclic) bond motifs is 18. The second-order valence-electron chi connectivity index (χ2n) is 21.5. The molecule has 0 radical (unpaired) electrons. The van der Waals surface area contributed by atoms with E-state index in [9.17, 15) is 0 Å². The number of allylic oxidation sites excluding steroid dienone is 2. The van der Waals surface area contributed by atoms with Crippen LogP contribution in [0.4, 0.5) is 17.6 Å². The SMILES string of the molecule is C=C1C2[n+]3ccccc3-c3ccccc3C2(CCC23C(=C)[n+]4cccc(-c5ccccc5)c4-c4cc(F)cc(F)c4CCC2c2ccccc2-c2cccc[n+]23)CCc2c(F)cc(F)cc2-c2cc(-c3ccccc3)cc[n+]21. The molecular formula is C70H54F4N4+4. The van der Waals surface area contributed by atoms with Gasteiger partial charge in [-0.15, -0.1) is 0 Å². The van der Waals surface area contributed by atoms with Gasteiger partial charge >= 0.3 is 0 Å². The standard InChI is InChI=1S/C70H54F4N4/c1-45-68-69(60-26-12-11-24-57(60)64-27-13-15-36-77(64)68,33-31-55-58(41-50(71)43-63(55)74)66-40-49(32-39-75(45)66)47-18-5-3-6-19-47)34-35-70-46(2)76-37-17-25-52(48-20-7-4-8-21-48)67(76)59-42-51(72)44-62(73)54(59)29-30-61(70)53-22-9-10-23-56(53)65-28-14-16-38-78(65)70/h3-28,32,36-44,61,68H,1-2,29-31,33-35H2/q+4. The van der Waals surface area contributed by atoms with E-state index in [1.807, 2.05) is 91.3 Å². The van der Waals surface area contributed by atoms with Crippen molar-refractivity contribution in [2.75, 3.05) is 0 Å². The molecule has 0 N–H and O–H groups in total. The minimum atomic E-state index is -0.978. The normalized spacial score (nSPS) is 19.6. The van der Waals surface area contributed by atoms with Gasteiger partial charge in [0.25, 0.3) is 17.3 Å². The van der Waals surface area contributed by atoms with Crippen molar-refractivity contribution in [1.29, 1.82) is 0 Å². The molecule has 4 unspecified atom stereocenters. The van der Waals surface area contributed by atoms with Gasteiger partial charge in [0.15, 0.2) is 24.8 Å². The smallest absolute Gasteiger partial charge is 0.207 e. The summed E-state index contributed by atoms with van der Waals surface area (Å²) < 4.78 is 75.0. The van der Waals surface area contributed by atoms with Gasteiger partial charge in [0.1, 0.15) is 23.3 Å². The van der Waals surface area contributed by atoms with Crippen LogP contribution < -0.4 is 18.3 Å². The van der Waals surface area contributed by atoms with Gasteiger partial charge in [-0.25, -0.2) is 17.6 Å². The van der Waals surface area contributed by atoms with Crippen molar-refractivity contribution in [3.05, 3.63) is 278 Å². The van der Waals surface area contributed by atoms with E-state index in [4.69, 9.17) is 13.2 Å². The Morgan fingerprint density at radius 3 is 1.90 bits per heavy atom. The van der Waals surface area contributed by atoms with E-state index in [-0.39, 0.29) is 12.3 Å². The highest BCUT2D eigenvalue weighted by atomic mass is 19.1. The molecule has 0 saturated heterocycles. The van der Waals surface area contributed by atoms with E-state index in [0.717, 1.165) is 79.4 Å². The third-order valence-corrected chi connectivity index (χ3v) is 17.8. The Hall–Kier alpha value is -8.88. The van der Waals surface area contributed by atoms with Gasteiger partial charge in [0, 0.05) is 77.7 Å². The molecule has 4 nitrogen and oxygen atoms in total. The maximum Gasteiger partial charge on any atom is 0.257 e. The maximum absolute atomic E-state index is 17.2. The van der Waals surface area contributed by atoms with Crippen LogP contribution in [-0.4, -0.2) is 0 Å². The Labute approximate surface area is 451 Å². The average Bonchev–Trinajstić information content (AvgIpc) is 3.66. The van der Waals surface area contributed by atoms with Crippen LogP contribution >= 0.6 is 0 Å². The van der Waals surface area contributed by atoms with Gasteiger partial charge in [-0.2, -0.15) is 18.3 Å². The van der Waals surface area contributed by atoms with Crippen LogP contribution in [0.3, 0.4) is 0 Å². The summed E-state index contributed by atoms with van der Waals surface area (Å²) in [5.41, 5.74) is 12.8. The molecule has 4 aliphatic rings. The quantitative estimate of drug-likeness (QED) is 0.121. The predicted molar refractivity (Wildman–Crippen MR) is 297 cm³/mol. The van der Waals surface area contributed by atoms with Gasteiger partial charge in [0.2, 0.25) is 28.5 Å². The summed E-state index contributed by atoms with van der Waals surface area (Å²) in [6.45, 7) is 10.3. The lowest BCUT2D eigenvalue weighted by molar-refractivity contribution is -0.769. The number of halogens is 4. The fourth-order valence-electron chi connectivity index (χ4n) is 14.4. The highest BCUT2D eigenvalue weighted by Crippen LogP contribution is 2.57. The van der Waals surface area contributed by atoms with Crippen LogP contribution in [0.2, 0.25) is 0 Å². The summed E-state index contributed by atoms with van der Waals surface area (Å²) in [6.07, 6.45) is 10.9. The van der Waals surface area contributed by atoms with Crippen LogP contribution in [0.1, 0.15) is 59.9 Å². The van der Waals surface area contributed by atoms with Gasteiger partial charge in [-0.3, -0.25) is 0 Å². The van der Waals surface area contributed by atoms with Crippen molar-refractivity contribution < 1.29 is 35.8 Å². The largest absolute Gasteiger partial charge is 0.257 e. The zero-order chi connectivity index (χ0) is 52.9. The van der Waals surface area contributed by atoms with Crippen LogP contribution in [0.15, 0.2) is 232 Å². The lowest BCUT2D eigenvalue weighted by Crippen LogP contribution is -2.68. The first-order valence-electron chi connectivity index (χ1n) is 26.9. The molecule has 0 spiro atoms. The second kappa shape index (κ2) is 18.4. The van der Waals surface area contributed by atoms with Crippen molar-refractivity contribution in [3.8, 4) is 67.3 Å². The first kappa shape index (κ1) is 47.6. The van der Waals surface area contributed by atoms with Crippen molar-refractivity contribution in [2.24, 2.45) is 0 Å². The zero-order valence-electron chi connectivity index (χ0n) is 42.9. The molecule has 4 atom stereocenters. The Morgan fingerprint density at radius 1 is 0.474 bits per heavy atom. The van der Waals surface area contributed by atoms with E-state index >= 15 is 17.6 Å². The van der Waals surface area contributed by atoms with E-state index in [2.05, 4.69) is 122 Å². The number of hydrogen-bond donors (Lipinski definition) is 0. The van der Waals surface area contributed by atoms with Crippen LogP contribution in [0, 0.1) is 23.3 Å². The molecule has 0 aliphatic carbocycles. The molecule has 6 aromatic carbocycles. The number of benzene rings is 6. The molecule has 4 aromatic heterocycles. The molecule has 8 heteroatoms. The van der Waals surface area contributed by atoms with Crippen molar-refractivity contribution >= 4 is 11.4 Å². The lowest BCUT2D eigenvalue weighted by Gasteiger charge is -2.44. The summed E-state index contributed by atoms with van der Waals surface area (Å²) >= 11 is 0. The topological polar surface area (TPSA) is 15.5 Å². The molecule has 8 heterocycles. The van der Waals surface area contributed by atoms with Crippen molar-refractivity contribution in [3.63, 3.8) is 0 Å². The van der Waals surface area contributed by atoms with Gasteiger partial charge in [0.05, 0.1) is 33.6 Å². The number of rotatable bonds is 5. The number of nitrogens with zero attached hydrogens (tertiary/aromatic N) is 4. The molecule has 14 rings (SSSR count). The maximum atomic E-state index is 17.2. The minimum Gasteiger partial charge on any atom is -0.207 e. The first-order valence-corrected chi connectivity index (χ1v) is 26.9. The first-order chi connectivity index (χ1) is 38.1. The summed E-state index contributed by atoms with van der Waals surface area (Å²) in [7, 11) is 0. The van der Waals surface area contributed by atoms with E-state index < -0.39 is 40.3 Å². The summed E-state index contributed by atoms with van der Waals surface area (Å²) in [5.74, 6) is -2.78. The Balaban J connectivity index is 1.05. The van der Waals surface area contributed by atoms with Crippen molar-refractivity contribution in [1.82, 2.24) is 0 Å². The Kier molecular flexibility index (Phi) is 11.2. The molecule has 0 saturated carbocycles.